The maximum absolute atomic E-state index is 12.2. The molecule has 1 aliphatic heterocycles. The summed E-state index contributed by atoms with van der Waals surface area (Å²) in [5.74, 6) is 0.252. The van der Waals surface area contributed by atoms with Crippen LogP contribution in [0, 0.1) is 6.92 Å². The number of thiazole rings is 1. The molecule has 18 heavy (non-hydrogen) atoms. The minimum absolute atomic E-state index is 0.252. The van der Waals surface area contributed by atoms with Crippen LogP contribution >= 0.6 is 11.3 Å². The summed E-state index contributed by atoms with van der Waals surface area (Å²) in [6.07, 6.45) is 3.56. The minimum atomic E-state index is 0.252. The molecule has 1 aromatic rings. The molecule has 1 saturated heterocycles. The van der Waals surface area contributed by atoms with E-state index in [1.165, 1.54) is 4.88 Å². The molecule has 4 nitrogen and oxygen atoms in total. The Balaban J connectivity index is 1.86. The normalized spacial score (nSPS) is 19.4. The van der Waals surface area contributed by atoms with Gasteiger partial charge in [0.05, 0.1) is 23.9 Å². The molecule has 1 atom stereocenters. The standard InChI is InChI=1S/C13H20N2O2S/c1-10-12(18-9-14-10)5-6-13(16)15-7-3-4-11(15)8-17-2/h9,11H,3-8H2,1-2H3/t11-/m1/s1. The zero-order valence-corrected chi connectivity index (χ0v) is 11.8. The van der Waals surface area contributed by atoms with E-state index < -0.39 is 0 Å². The van der Waals surface area contributed by atoms with E-state index in [2.05, 4.69) is 4.98 Å². The van der Waals surface area contributed by atoms with Gasteiger partial charge >= 0.3 is 0 Å². The van der Waals surface area contributed by atoms with E-state index in [1.807, 2.05) is 17.3 Å². The maximum atomic E-state index is 12.2. The molecule has 0 bridgehead atoms. The lowest BCUT2D eigenvalue weighted by atomic mass is 10.2. The summed E-state index contributed by atoms with van der Waals surface area (Å²) in [5, 5.41) is 0. The Morgan fingerprint density at radius 2 is 2.50 bits per heavy atom. The summed E-state index contributed by atoms with van der Waals surface area (Å²) in [5.41, 5.74) is 2.90. The molecular weight excluding hydrogens is 248 g/mol. The smallest absolute Gasteiger partial charge is 0.223 e. The highest BCUT2D eigenvalue weighted by molar-refractivity contribution is 7.09. The lowest BCUT2D eigenvalue weighted by Crippen LogP contribution is -2.38. The van der Waals surface area contributed by atoms with Crippen molar-refractivity contribution in [2.75, 3.05) is 20.3 Å². The van der Waals surface area contributed by atoms with Gasteiger partial charge in [-0.3, -0.25) is 4.79 Å². The van der Waals surface area contributed by atoms with Gasteiger partial charge in [0.2, 0.25) is 5.91 Å². The highest BCUT2D eigenvalue weighted by Crippen LogP contribution is 2.20. The van der Waals surface area contributed by atoms with Crippen molar-refractivity contribution in [3.8, 4) is 0 Å². The molecule has 1 aliphatic rings. The lowest BCUT2D eigenvalue weighted by Gasteiger charge is -2.24. The van der Waals surface area contributed by atoms with Crippen LogP contribution in [0.5, 0.6) is 0 Å². The zero-order valence-electron chi connectivity index (χ0n) is 11.0. The molecule has 2 rings (SSSR count). The van der Waals surface area contributed by atoms with Crippen LogP contribution in [0.25, 0.3) is 0 Å². The van der Waals surface area contributed by atoms with Crippen molar-refractivity contribution >= 4 is 17.2 Å². The fraction of sp³-hybridized carbons (Fsp3) is 0.692. The number of aryl methyl sites for hydroxylation is 2. The van der Waals surface area contributed by atoms with Gasteiger partial charge in [-0.25, -0.2) is 4.98 Å². The van der Waals surface area contributed by atoms with Gasteiger partial charge in [-0.05, 0) is 26.2 Å². The summed E-state index contributed by atoms with van der Waals surface area (Å²) < 4.78 is 5.17. The molecule has 100 valence electrons. The van der Waals surface area contributed by atoms with Gasteiger partial charge in [-0.15, -0.1) is 11.3 Å². The summed E-state index contributed by atoms with van der Waals surface area (Å²) in [6, 6.07) is 0.282. The number of amides is 1. The Hall–Kier alpha value is -0.940. The Labute approximate surface area is 112 Å². The van der Waals surface area contributed by atoms with E-state index in [-0.39, 0.29) is 11.9 Å². The zero-order chi connectivity index (χ0) is 13.0. The van der Waals surface area contributed by atoms with Crippen LogP contribution < -0.4 is 0 Å². The first-order valence-electron chi connectivity index (χ1n) is 6.39. The molecule has 0 spiro atoms. The average molecular weight is 268 g/mol. The molecule has 0 aliphatic carbocycles. The minimum Gasteiger partial charge on any atom is -0.383 e. The summed E-state index contributed by atoms with van der Waals surface area (Å²) >= 11 is 1.64. The van der Waals surface area contributed by atoms with Crippen molar-refractivity contribution in [2.45, 2.75) is 38.6 Å². The van der Waals surface area contributed by atoms with Crippen LogP contribution in [0.1, 0.15) is 29.8 Å². The van der Waals surface area contributed by atoms with E-state index in [4.69, 9.17) is 4.74 Å². The topological polar surface area (TPSA) is 42.4 Å². The van der Waals surface area contributed by atoms with Gasteiger partial charge in [0.1, 0.15) is 0 Å². The molecule has 2 heterocycles. The van der Waals surface area contributed by atoms with Crippen molar-refractivity contribution in [2.24, 2.45) is 0 Å². The van der Waals surface area contributed by atoms with Crippen molar-refractivity contribution in [3.63, 3.8) is 0 Å². The van der Waals surface area contributed by atoms with Gasteiger partial charge in [0.25, 0.3) is 0 Å². The molecule has 1 amide bonds. The fourth-order valence-corrected chi connectivity index (χ4v) is 3.24. The van der Waals surface area contributed by atoms with Gasteiger partial charge in [0.15, 0.2) is 0 Å². The van der Waals surface area contributed by atoms with Crippen LogP contribution in [0.15, 0.2) is 5.51 Å². The Bertz CT molecular complexity index is 405. The van der Waals surface area contributed by atoms with E-state index in [0.29, 0.717) is 13.0 Å². The van der Waals surface area contributed by atoms with Crippen LogP contribution in [0.4, 0.5) is 0 Å². The van der Waals surface area contributed by atoms with Crippen molar-refractivity contribution in [3.05, 3.63) is 16.1 Å². The number of hydrogen-bond acceptors (Lipinski definition) is 4. The third-order valence-corrected chi connectivity index (χ3v) is 4.46. The molecule has 1 aromatic heterocycles. The molecule has 1 fully saturated rings. The third kappa shape index (κ3) is 3.09. The summed E-state index contributed by atoms with van der Waals surface area (Å²) in [4.78, 5) is 19.6. The van der Waals surface area contributed by atoms with E-state index in [9.17, 15) is 4.79 Å². The van der Waals surface area contributed by atoms with Gasteiger partial charge < -0.3 is 9.64 Å². The van der Waals surface area contributed by atoms with Crippen LogP contribution in [-0.4, -0.2) is 42.1 Å². The monoisotopic (exact) mass is 268 g/mol. The van der Waals surface area contributed by atoms with Crippen LogP contribution in [0.3, 0.4) is 0 Å². The van der Waals surface area contributed by atoms with Crippen molar-refractivity contribution in [1.29, 1.82) is 0 Å². The molecule has 0 N–H and O–H groups in total. The Kier molecular flexibility index (Phi) is 4.72. The predicted molar refractivity (Wildman–Crippen MR) is 71.8 cm³/mol. The highest BCUT2D eigenvalue weighted by atomic mass is 32.1. The number of rotatable bonds is 5. The van der Waals surface area contributed by atoms with E-state index >= 15 is 0 Å². The molecule has 0 aromatic carbocycles. The first kappa shape index (κ1) is 13.5. The highest BCUT2D eigenvalue weighted by Gasteiger charge is 2.28. The number of likely N-dealkylation sites (tertiary alicyclic amines) is 1. The first-order chi connectivity index (χ1) is 8.72. The molecule has 5 heteroatoms. The van der Waals surface area contributed by atoms with Crippen molar-refractivity contribution in [1.82, 2.24) is 9.88 Å². The first-order valence-corrected chi connectivity index (χ1v) is 7.27. The maximum Gasteiger partial charge on any atom is 0.223 e. The van der Waals surface area contributed by atoms with E-state index in [1.54, 1.807) is 18.4 Å². The fourth-order valence-electron chi connectivity index (χ4n) is 2.46. The number of ether oxygens (including phenoxy) is 1. The lowest BCUT2D eigenvalue weighted by molar-refractivity contribution is -0.132. The predicted octanol–water partition coefficient (Wildman–Crippen LogP) is 2.02. The number of carbonyl (C=O) groups is 1. The number of methoxy groups -OCH3 is 1. The molecule has 0 saturated carbocycles. The summed E-state index contributed by atoms with van der Waals surface area (Å²) in [7, 11) is 1.70. The van der Waals surface area contributed by atoms with Gasteiger partial charge in [-0.1, -0.05) is 0 Å². The number of aromatic nitrogens is 1. The second kappa shape index (κ2) is 6.29. The Morgan fingerprint density at radius 3 is 3.17 bits per heavy atom. The SMILES string of the molecule is COC[C@H]1CCCN1C(=O)CCc1scnc1C. The molecular formula is C13H20N2O2S. The largest absolute Gasteiger partial charge is 0.383 e. The molecule has 0 radical (unpaired) electrons. The number of hydrogen-bond donors (Lipinski definition) is 0. The van der Waals surface area contributed by atoms with Crippen LogP contribution in [-0.2, 0) is 16.0 Å². The molecule has 0 unspecified atom stereocenters. The van der Waals surface area contributed by atoms with Crippen molar-refractivity contribution < 1.29 is 9.53 Å². The van der Waals surface area contributed by atoms with Crippen LogP contribution in [0.2, 0.25) is 0 Å². The second-order valence-electron chi connectivity index (χ2n) is 4.70. The number of nitrogens with zero attached hydrogens (tertiary/aromatic N) is 2. The average Bonchev–Trinajstić information content (AvgIpc) is 2.96. The second-order valence-corrected chi connectivity index (χ2v) is 5.64. The third-order valence-electron chi connectivity index (χ3n) is 3.47. The Morgan fingerprint density at radius 1 is 1.67 bits per heavy atom. The number of carbonyl (C=O) groups excluding carboxylic acids is 1. The van der Waals surface area contributed by atoms with Gasteiger partial charge in [-0.2, -0.15) is 0 Å². The van der Waals surface area contributed by atoms with E-state index in [0.717, 1.165) is 31.5 Å². The quantitative estimate of drug-likeness (QED) is 0.820. The van der Waals surface area contributed by atoms with Gasteiger partial charge in [0, 0.05) is 25.0 Å². The summed E-state index contributed by atoms with van der Waals surface area (Å²) in [6.45, 7) is 3.54.